The molecule has 2 nitrogen and oxygen atoms in total. The highest BCUT2D eigenvalue weighted by atomic mass is 35.5. The molecule has 0 bridgehead atoms. The van der Waals surface area contributed by atoms with Gasteiger partial charge in [-0.3, -0.25) is 0 Å². The molecule has 1 atom stereocenters. The first-order valence-corrected chi connectivity index (χ1v) is 6.73. The molecule has 1 aromatic carbocycles. The predicted octanol–water partition coefficient (Wildman–Crippen LogP) is 3.51. The third kappa shape index (κ3) is 4.14. The van der Waals surface area contributed by atoms with Crippen molar-refractivity contribution in [3.8, 4) is 0 Å². The van der Waals surface area contributed by atoms with Crippen molar-refractivity contribution in [2.24, 2.45) is 5.92 Å². The first kappa shape index (κ1) is 13.2. The zero-order valence-electron chi connectivity index (χ0n) is 9.72. The summed E-state index contributed by atoms with van der Waals surface area (Å²) >= 11 is 12.0. The lowest BCUT2D eigenvalue weighted by atomic mass is 10.0. The Morgan fingerprint density at radius 3 is 3.00 bits per heavy atom. The summed E-state index contributed by atoms with van der Waals surface area (Å²) in [6.45, 7) is 3.52. The van der Waals surface area contributed by atoms with Crippen LogP contribution in [-0.4, -0.2) is 19.7 Å². The molecule has 1 saturated heterocycles. The lowest BCUT2D eigenvalue weighted by Gasteiger charge is -2.22. The van der Waals surface area contributed by atoms with Crippen LogP contribution in [-0.2, 0) is 11.3 Å². The molecule has 94 valence electrons. The van der Waals surface area contributed by atoms with Gasteiger partial charge in [0.05, 0.1) is 13.2 Å². The van der Waals surface area contributed by atoms with E-state index in [1.807, 2.05) is 12.1 Å². The van der Waals surface area contributed by atoms with Gasteiger partial charge in [0, 0.05) is 16.6 Å². The molecule has 1 aromatic rings. The van der Waals surface area contributed by atoms with E-state index in [2.05, 4.69) is 5.32 Å². The zero-order chi connectivity index (χ0) is 12.1. The van der Waals surface area contributed by atoms with Gasteiger partial charge < -0.3 is 10.1 Å². The minimum atomic E-state index is 0.538. The van der Waals surface area contributed by atoms with Crippen molar-refractivity contribution in [3.05, 3.63) is 33.8 Å². The Morgan fingerprint density at radius 2 is 2.24 bits per heavy atom. The molecule has 4 heteroatoms. The van der Waals surface area contributed by atoms with Crippen LogP contribution in [0.3, 0.4) is 0 Å². The first-order chi connectivity index (χ1) is 8.25. The Labute approximate surface area is 112 Å². The molecule has 1 heterocycles. The molecule has 2 rings (SSSR count). The molecule has 1 aliphatic heterocycles. The maximum absolute atomic E-state index is 6.07. The lowest BCUT2D eigenvalue weighted by Crippen LogP contribution is -2.32. The van der Waals surface area contributed by atoms with Crippen LogP contribution in [0.4, 0.5) is 0 Å². The molecule has 0 unspecified atom stereocenters. The summed E-state index contributed by atoms with van der Waals surface area (Å²) in [5, 5.41) is 4.80. The highest BCUT2D eigenvalue weighted by molar-refractivity contribution is 6.33. The summed E-state index contributed by atoms with van der Waals surface area (Å²) in [7, 11) is 0. The average Bonchev–Trinajstić information content (AvgIpc) is 2.35. The number of ether oxygens (including phenoxy) is 1. The van der Waals surface area contributed by atoms with E-state index in [9.17, 15) is 0 Å². The van der Waals surface area contributed by atoms with E-state index in [1.165, 1.54) is 12.8 Å². The van der Waals surface area contributed by atoms with Gasteiger partial charge in [0.2, 0.25) is 0 Å². The molecule has 0 spiro atoms. The zero-order valence-corrected chi connectivity index (χ0v) is 11.2. The van der Waals surface area contributed by atoms with Gasteiger partial charge in [-0.15, -0.1) is 0 Å². The van der Waals surface area contributed by atoms with Crippen molar-refractivity contribution in [2.45, 2.75) is 19.4 Å². The Morgan fingerprint density at radius 1 is 1.35 bits per heavy atom. The molecule has 1 fully saturated rings. The third-order valence-electron chi connectivity index (χ3n) is 3.02. The molecule has 0 amide bonds. The predicted molar refractivity (Wildman–Crippen MR) is 71.7 cm³/mol. The fourth-order valence-electron chi connectivity index (χ4n) is 2.06. The standard InChI is InChI=1S/C13H17Cl2NO/c14-12-3-4-13(15)11(6-12)9-17-8-10-2-1-5-16-7-10/h3-4,6,10,16H,1-2,5,7-9H2/t10-/m1/s1. The average molecular weight is 274 g/mol. The fourth-order valence-corrected chi connectivity index (χ4v) is 2.42. The first-order valence-electron chi connectivity index (χ1n) is 5.98. The number of hydrogen-bond donors (Lipinski definition) is 1. The molecular weight excluding hydrogens is 257 g/mol. The third-order valence-corrected chi connectivity index (χ3v) is 3.62. The van der Waals surface area contributed by atoms with Crippen LogP contribution in [0.5, 0.6) is 0 Å². The second kappa shape index (κ2) is 6.60. The molecule has 1 N–H and O–H groups in total. The molecular formula is C13H17Cl2NO. The number of hydrogen-bond acceptors (Lipinski definition) is 2. The molecule has 0 aliphatic carbocycles. The van der Waals surface area contributed by atoms with Gasteiger partial charge in [0.15, 0.2) is 0 Å². The van der Waals surface area contributed by atoms with E-state index in [-0.39, 0.29) is 0 Å². The molecule has 0 saturated carbocycles. The van der Waals surface area contributed by atoms with Crippen molar-refractivity contribution < 1.29 is 4.74 Å². The van der Waals surface area contributed by atoms with Gasteiger partial charge >= 0.3 is 0 Å². The molecule has 17 heavy (non-hydrogen) atoms. The van der Waals surface area contributed by atoms with Crippen molar-refractivity contribution in [3.63, 3.8) is 0 Å². The van der Waals surface area contributed by atoms with Gasteiger partial charge in [-0.05, 0) is 49.1 Å². The highest BCUT2D eigenvalue weighted by Gasteiger charge is 2.13. The van der Waals surface area contributed by atoms with Gasteiger partial charge in [-0.1, -0.05) is 23.2 Å². The van der Waals surface area contributed by atoms with Gasteiger partial charge in [0.25, 0.3) is 0 Å². The van der Waals surface area contributed by atoms with Crippen molar-refractivity contribution in [1.82, 2.24) is 5.32 Å². The summed E-state index contributed by atoms with van der Waals surface area (Å²) in [5.74, 6) is 0.627. The van der Waals surface area contributed by atoms with Gasteiger partial charge in [0.1, 0.15) is 0 Å². The monoisotopic (exact) mass is 273 g/mol. The Hall–Kier alpha value is -0.280. The van der Waals surface area contributed by atoms with E-state index in [1.54, 1.807) is 6.07 Å². The quantitative estimate of drug-likeness (QED) is 0.907. The summed E-state index contributed by atoms with van der Waals surface area (Å²) < 4.78 is 5.71. The molecule has 0 aromatic heterocycles. The van der Waals surface area contributed by atoms with E-state index in [0.29, 0.717) is 17.5 Å². The van der Waals surface area contributed by atoms with E-state index < -0.39 is 0 Å². The summed E-state index contributed by atoms with van der Waals surface area (Å²) in [6.07, 6.45) is 2.49. The highest BCUT2D eigenvalue weighted by Crippen LogP contribution is 2.21. The number of nitrogens with one attached hydrogen (secondary N) is 1. The number of piperidine rings is 1. The normalized spacial score (nSPS) is 20.5. The number of halogens is 2. The van der Waals surface area contributed by atoms with E-state index >= 15 is 0 Å². The van der Waals surface area contributed by atoms with Crippen LogP contribution >= 0.6 is 23.2 Å². The minimum Gasteiger partial charge on any atom is -0.376 e. The number of benzene rings is 1. The maximum Gasteiger partial charge on any atom is 0.0732 e. The summed E-state index contributed by atoms with van der Waals surface area (Å²) in [6, 6.07) is 5.46. The van der Waals surface area contributed by atoms with Crippen LogP contribution in [0.25, 0.3) is 0 Å². The van der Waals surface area contributed by atoms with Gasteiger partial charge in [-0.25, -0.2) is 0 Å². The smallest absolute Gasteiger partial charge is 0.0732 e. The SMILES string of the molecule is Clc1ccc(Cl)c(COC[C@@H]2CCCNC2)c1. The topological polar surface area (TPSA) is 21.3 Å². The van der Waals surface area contributed by atoms with Crippen molar-refractivity contribution >= 4 is 23.2 Å². The molecule has 0 radical (unpaired) electrons. The summed E-state index contributed by atoms with van der Waals surface area (Å²) in [5.41, 5.74) is 0.961. The lowest BCUT2D eigenvalue weighted by molar-refractivity contribution is 0.0783. The number of rotatable bonds is 4. The van der Waals surface area contributed by atoms with Crippen LogP contribution in [0.15, 0.2) is 18.2 Å². The Balaban J connectivity index is 1.79. The largest absolute Gasteiger partial charge is 0.376 e. The van der Waals surface area contributed by atoms with Crippen molar-refractivity contribution in [1.29, 1.82) is 0 Å². The fraction of sp³-hybridized carbons (Fsp3) is 0.538. The Kier molecular flexibility index (Phi) is 5.11. The van der Waals surface area contributed by atoms with Crippen LogP contribution in [0.2, 0.25) is 10.0 Å². The van der Waals surface area contributed by atoms with E-state index in [4.69, 9.17) is 27.9 Å². The van der Waals surface area contributed by atoms with Gasteiger partial charge in [-0.2, -0.15) is 0 Å². The van der Waals surface area contributed by atoms with E-state index in [0.717, 1.165) is 30.3 Å². The minimum absolute atomic E-state index is 0.538. The molecule has 1 aliphatic rings. The van der Waals surface area contributed by atoms with Crippen LogP contribution in [0, 0.1) is 5.92 Å². The van der Waals surface area contributed by atoms with Crippen molar-refractivity contribution in [2.75, 3.05) is 19.7 Å². The van der Waals surface area contributed by atoms with Crippen LogP contribution in [0.1, 0.15) is 18.4 Å². The van der Waals surface area contributed by atoms with Crippen LogP contribution < -0.4 is 5.32 Å². The second-order valence-corrected chi connectivity index (χ2v) is 5.31. The maximum atomic E-state index is 6.07. The second-order valence-electron chi connectivity index (χ2n) is 4.46. The summed E-state index contributed by atoms with van der Waals surface area (Å²) in [4.78, 5) is 0. The Bertz CT molecular complexity index is 364.